The lowest BCUT2D eigenvalue weighted by Crippen LogP contribution is -2.26. The maximum atomic E-state index is 13.1. The molecule has 2 aliphatic rings. The van der Waals surface area contributed by atoms with Crippen LogP contribution in [0.4, 0.5) is 5.69 Å². The lowest BCUT2D eigenvalue weighted by molar-refractivity contribution is -0.454. The zero-order valence-corrected chi connectivity index (χ0v) is 29.3. The minimum Gasteiger partial charge on any atom is -0.493 e. The molecule has 2 N–H and O–H groups in total. The number of pyridine rings is 1. The van der Waals surface area contributed by atoms with E-state index >= 15 is 0 Å². The van der Waals surface area contributed by atoms with Gasteiger partial charge in [0.25, 0.3) is 5.71 Å². The SMILES string of the molecule is CCNCC.Cc1c2c(nn1C)COCc1ncccc1C[N+]1=C(C(=O)O)C(CCCOc3cccc4ccccc34)c3ccc(Cl)c-2c31. The second-order valence-corrected chi connectivity index (χ2v) is 12.7. The van der Waals surface area contributed by atoms with Gasteiger partial charge in [-0.05, 0) is 62.5 Å². The molecular formula is C39H43ClN5O4+. The van der Waals surface area contributed by atoms with E-state index in [1.54, 1.807) is 6.20 Å². The van der Waals surface area contributed by atoms with Crippen LogP contribution in [0.2, 0.25) is 5.02 Å². The van der Waals surface area contributed by atoms with E-state index in [-0.39, 0.29) is 19.1 Å². The van der Waals surface area contributed by atoms with Crippen LogP contribution in [-0.2, 0) is 36.3 Å². The van der Waals surface area contributed by atoms with Crippen molar-refractivity contribution in [1.82, 2.24) is 20.1 Å². The molecule has 49 heavy (non-hydrogen) atoms. The minimum atomic E-state index is -0.956. The predicted molar refractivity (Wildman–Crippen MR) is 193 cm³/mol. The molecule has 9 nitrogen and oxygen atoms in total. The minimum absolute atomic E-state index is 0.275. The van der Waals surface area contributed by atoms with E-state index in [2.05, 4.69) is 42.3 Å². The number of fused-ring (bicyclic) bond motifs is 4. The number of aryl methyl sites for hydroxylation is 1. The first kappa shape index (κ1) is 34.3. The Balaban J connectivity index is 0.000000778. The predicted octanol–water partition coefficient (Wildman–Crippen LogP) is 7.57. The van der Waals surface area contributed by atoms with Gasteiger partial charge in [-0.2, -0.15) is 9.67 Å². The average Bonchev–Trinajstić information content (AvgIpc) is 3.55. The third-order valence-electron chi connectivity index (χ3n) is 9.23. The summed E-state index contributed by atoms with van der Waals surface area (Å²) in [6.45, 7) is 9.74. The van der Waals surface area contributed by atoms with E-state index in [0.717, 1.165) is 74.6 Å². The van der Waals surface area contributed by atoms with Gasteiger partial charge < -0.3 is 19.9 Å². The van der Waals surface area contributed by atoms with Crippen LogP contribution >= 0.6 is 11.6 Å². The Morgan fingerprint density at radius 2 is 1.82 bits per heavy atom. The van der Waals surface area contributed by atoms with Crippen molar-refractivity contribution in [2.24, 2.45) is 7.05 Å². The van der Waals surface area contributed by atoms with Crippen molar-refractivity contribution < 1.29 is 24.0 Å². The summed E-state index contributed by atoms with van der Waals surface area (Å²) in [6.07, 6.45) is 3.00. The maximum absolute atomic E-state index is 13.1. The third kappa shape index (κ3) is 6.97. The number of ether oxygens (including phenoxy) is 2. The van der Waals surface area contributed by atoms with Crippen molar-refractivity contribution in [1.29, 1.82) is 0 Å². The number of carboxylic acid groups (broad SMARTS) is 1. The number of rotatable bonds is 8. The highest BCUT2D eigenvalue weighted by Crippen LogP contribution is 2.49. The summed E-state index contributed by atoms with van der Waals surface area (Å²) in [5.74, 6) is -0.481. The van der Waals surface area contributed by atoms with Crippen molar-refractivity contribution in [3.05, 3.63) is 106 Å². The van der Waals surface area contributed by atoms with Gasteiger partial charge in [0.15, 0.2) is 6.54 Å². The quantitative estimate of drug-likeness (QED) is 0.129. The number of carbonyl (C=O) groups is 1. The summed E-state index contributed by atoms with van der Waals surface area (Å²) in [5.41, 5.74) is 7.09. The van der Waals surface area contributed by atoms with Gasteiger partial charge in [0, 0.05) is 41.0 Å². The van der Waals surface area contributed by atoms with Crippen LogP contribution in [-0.4, -0.2) is 55.8 Å². The van der Waals surface area contributed by atoms with Crippen molar-refractivity contribution in [2.45, 2.75) is 59.3 Å². The van der Waals surface area contributed by atoms with Crippen molar-refractivity contribution in [2.75, 3.05) is 19.7 Å². The fourth-order valence-electron chi connectivity index (χ4n) is 6.87. The Kier molecular flexibility index (Phi) is 10.7. The normalized spacial score (nSPS) is 15.1. The first-order chi connectivity index (χ1) is 23.8. The summed E-state index contributed by atoms with van der Waals surface area (Å²) in [4.78, 5) is 17.7. The van der Waals surface area contributed by atoms with E-state index in [0.29, 0.717) is 36.7 Å². The Morgan fingerprint density at radius 1 is 1.04 bits per heavy atom. The number of aliphatic carboxylic acids is 1. The largest absolute Gasteiger partial charge is 0.493 e. The number of benzene rings is 3. The molecule has 254 valence electrons. The molecule has 0 spiro atoms. The topological polar surface area (TPSA) is 102 Å². The van der Waals surface area contributed by atoms with Crippen molar-refractivity contribution in [3.63, 3.8) is 0 Å². The van der Waals surface area contributed by atoms with Crippen LogP contribution < -0.4 is 10.1 Å². The molecule has 7 rings (SSSR count). The van der Waals surface area contributed by atoms with Crippen LogP contribution in [0.3, 0.4) is 0 Å². The van der Waals surface area contributed by atoms with E-state index in [4.69, 9.17) is 26.2 Å². The molecule has 2 aromatic heterocycles. The van der Waals surface area contributed by atoms with E-state index in [9.17, 15) is 9.90 Å². The smallest absolute Gasteiger partial charge is 0.397 e. The van der Waals surface area contributed by atoms with Gasteiger partial charge in [-0.3, -0.25) is 9.67 Å². The van der Waals surface area contributed by atoms with Crippen LogP contribution in [0.1, 0.15) is 60.8 Å². The number of aromatic nitrogens is 3. The second-order valence-electron chi connectivity index (χ2n) is 12.2. The number of nitrogens with one attached hydrogen (secondary N) is 1. The van der Waals surface area contributed by atoms with Gasteiger partial charge >= 0.3 is 5.97 Å². The molecule has 0 fully saturated rings. The molecule has 0 aliphatic carbocycles. The Morgan fingerprint density at radius 3 is 2.59 bits per heavy atom. The lowest BCUT2D eigenvalue weighted by atomic mass is 9.89. The number of halogens is 1. The summed E-state index contributed by atoms with van der Waals surface area (Å²) in [6, 6.07) is 21.9. The molecule has 1 unspecified atom stereocenters. The monoisotopic (exact) mass is 680 g/mol. The first-order valence-electron chi connectivity index (χ1n) is 16.9. The summed E-state index contributed by atoms with van der Waals surface area (Å²) in [5, 5.41) is 21.3. The Hall–Kier alpha value is -4.57. The maximum Gasteiger partial charge on any atom is 0.397 e. The molecule has 4 heterocycles. The molecule has 3 aromatic carbocycles. The first-order valence-corrected chi connectivity index (χ1v) is 17.3. The summed E-state index contributed by atoms with van der Waals surface area (Å²) >= 11 is 7.00. The van der Waals surface area contributed by atoms with Gasteiger partial charge in [0.1, 0.15) is 5.75 Å². The molecular weight excluding hydrogens is 638 g/mol. The molecule has 1 atom stereocenters. The zero-order valence-electron chi connectivity index (χ0n) is 28.5. The van der Waals surface area contributed by atoms with E-state index in [1.807, 2.05) is 71.8 Å². The fraction of sp³-hybridized carbons (Fsp3) is 0.333. The van der Waals surface area contributed by atoms with Crippen molar-refractivity contribution in [3.8, 4) is 16.9 Å². The highest BCUT2D eigenvalue weighted by molar-refractivity contribution is 6.38. The molecule has 10 heteroatoms. The number of hydrogen-bond acceptors (Lipinski definition) is 6. The molecule has 0 saturated heterocycles. The van der Waals surface area contributed by atoms with Gasteiger partial charge in [-0.1, -0.05) is 67.9 Å². The molecule has 0 radical (unpaired) electrons. The van der Waals surface area contributed by atoms with E-state index in [1.165, 1.54) is 0 Å². The molecule has 0 bridgehead atoms. The second kappa shape index (κ2) is 15.3. The Bertz CT molecular complexity index is 2010. The van der Waals surface area contributed by atoms with Crippen molar-refractivity contribution >= 4 is 39.7 Å². The van der Waals surface area contributed by atoms with Gasteiger partial charge in [-0.25, -0.2) is 4.79 Å². The van der Waals surface area contributed by atoms with Gasteiger partial charge in [0.05, 0.1) is 47.7 Å². The lowest BCUT2D eigenvalue weighted by Gasteiger charge is -2.13. The van der Waals surface area contributed by atoms with E-state index < -0.39 is 5.97 Å². The van der Waals surface area contributed by atoms with Crippen LogP contribution in [0, 0.1) is 6.92 Å². The average molecular weight is 681 g/mol. The highest BCUT2D eigenvalue weighted by atomic mass is 35.5. The number of carboxylic acids is 1. The highest BCUT2D eigenvalue weighted by Gasteiger charge is 2.46. The van der Waals surface area contributed by atoms with Gasteiger partial charge in [0.2, 0.25) is 5.69 Å². The number of hydrogen-bond donors (Lipinski definition) is 2. The standard InChI is InChI=1S/C35H31ClN4O4.C4H11N/c1-21-31-29(38-39(21)2)20-43-19-28-23(10-6-16-37-28)18-40-33-26(14-15-27(36)32(31)33)25(34(40)35(41)42)12-7-17-44-30-13-5-9-22-8-3-4-11-24(22)30;1-3-5-4-2/h3-6,8-11,13-16,25H,7,12,17-20H2,1-2H3;5H,3-4H2,1-2H3/p+1. The van der Waals surface area contributed by atoms with Crippen LogP contribution in [0.15, 0.2) is 72.9 Å². The van der Waals surface area contributed by atoms with Gasteiger partial charge in [-0.15, -0.1) is 0 Å². The third-order valence-corrected chi connectivity index (χ3v) is 9.55. The van der Waals surface area contributed by atoms with Crippen LogP contribution in [0.5, 0.6) is 5.75 Å². The molecule has 5 aromatic rings. The molecule has 0 amide bonds. The number of nitrogens with zero attached hydrogens (tertiary/aromatic N) is 4. The fourth-order valence-corrected chi connectivity index (χ4v) is 7.12. The summed E-state index contributed by atoms with van der Waals surface area (Å²) in [7, 11) is 1.90. The zero-order chi connectivity index (χ0) is 34.5. The molecule has 2 aliphatic heterocycles. The van der Waals surface area contributed by atoms with Crippen LogP contribution in [0.25, 0.3) is 21.9 Å². The molecule has 0 saturated carbocycles. The Labute approximate surface area is 292 Å². The summed E-state index contributed by atoms with van der Waals surface area (Å²) < 4.78 is 16.1.